The Bertz CT molecular complexity index is 724. The molecule has 0 saturated carbocycles. The first kappa shape index (κ1) is 15.9. The molecule has 0 aromatic carbocycles. The second kappa shape index (κ2) is 6.49. The van der Waals surface area contributed by atoms with Crippen LogP contribution < -0.4 is 16.0 Å². The predicted molar refractivity (Wildman–Crippen MR) is 82.0 cm³/mol. The van der Waals surface area contributed by atoms with Gasteiger partial charge in [0, 0.05) is 12.6 Å². The van der Waals surface area contributed by atoms with Crippen LogP contribution in [-0.4, -0.2) is 19.9 Å². The first-order chi connectivity index (χ1) is 9.94. The van der Waals surface area contributed by atoms with Gasteiger partial charge in [0.15, 0.2) is 5.00 Å². The summed E-state index contributed by atoms with van der Waals surface area (Å²) in [4.78, 5) is 10.1. The number of rotatable bonds is 7. The van der Waals surface area contributed by atoms with Crippen LogP contribution in [-0.2, 0) is 16.4 Å². The molecule has 0 saturated heterocycles. The van der Waals surface area contributed by atoms with Gasteiger partial charge in [0.05, 0.1) is 4.92 Å². The Morgan fingerprint density at radius 3 is 2.71 bits per heavy atom. The van der Waals surface area contributed by atoms with E-state index in [0.717, 1.165) is 11.6 Å². The lowest BCUT2D eigenvalue weighted by molar-refractivity contribution is -0.383. The lowest BCUT2D eigenvalue weighted by atomic mass is 10.2. The first-order valence-corrected chi connectivity index (χ1v) is 8.94. The minimum absolute atomic E-state index is 0.00166. The second-order valence-electron chi connectivity index (χ2n) is 3.96. The third kappa shape index (κ3) is 3.77. The highest BCUT2D eigenvalue weighted by Gasteiger charge is 2.25. The molecule has 21 heavy (non-hydrogen) atoms. The minimum Gasteiger partial charge on any atom is -0.310 e. The molecule has 11 heteroatoms. The number of thiophene rings is 2. The summed E-state index contributed by atoms with van der Waals surface area (Å²) in [5.74, 6) is 5.15. The van der Waals surface area contributed by atoms with Crippen molar-refractivity contribution in [1.29, 1.82) is 0 Å². The Hall–Kier alpha value is -1.53. The van der Waals surface area contributed by atoms with Crippen molar-refractivity contribution in [1.82, 2.24) is 4.72 Å². The zero-order valence-electron chi connectivity index (χ0n) is 10.6. The molecule has 2 aromatic heterocycles. The van der Waals surface area contributed by atoms with E-state index in [2.05, 4.69) is 10.1 Å². The standard InChI is InChI=1S/C10H12N4O4S3/c11-13-10-8(14(15)16)5-9(20-10)21(17,18)12-3-1-7-2-4-19-6-7/h2,4-6,12-13H,1,3,11H2. The van der Waals surface area contributed by atoms with Gasteiger partial charge in [-0.2, -0.15) is 11.3 Å². The van der Waals surface area contributed by atoms with Gasteiger partial charge in [-0.25, -0.2) is 19.0 Å². The van der Waals surface area contributed by atoms with Crippen LogP contribution in [0.5, 0.6) is 0 Å². The highest BCUT2D eigenvalue weighted by Crippen LogP contribution is 2.36. The van der Waals surface area contributed by atoms with Crippen LogP contribution in [0, 0.1) is 10.1 Å². The molecule has 0 unspecified atom stereocenters. The molecule has 0 aliphatic heterocycles. The molecular formula is C10H12N4O4S3. The van der Waals surface area contributed by atoms with Crippen molar-refractivity contribution < 1.29 is 13.3 Å². The number of nitrogen functional groups attached to an aromatic ring is 1. The van der Waals surface area contributed by atoms with E-state index < -0.39 is 14.9 Å². The fraction of sp³-hybridized carbons (Fsp3) is 0.200. The van der Waals surface area contributed by atoms with Crippen LogP contribution in [0.25, 0.3) is 0 Å². The highest BCUT2D eigenvalue weighted by molar-refractivity contribution is 7.91. The lowest BCUT2D eigenvalue weighted by Crippen LogP contribution is -2.25. The largest absolute Gasteiger partial charge is 0.310 e. The van der Waals surface area contributed by atoms with Crippen molar-refractivity contribution in [3.8, 4) is 0 Å². The van der Waals surface area contributed by atoms with E-state index in [9.17, 15) is 18.5 Å². The molecule has 0 aliphatic carbocycles. The smallest absolute Gasteiger partial charge is 0.306 e. The fourth-order valence-electron chi connectivity index (χ4n) is 1.57. The summed E-state index contributed by atoms with van der Waals surface area (Å²) < 4.78 is 26.4. The predicted octanol–water partition coefficient (Wildman–Crippen LogP) is 1.52. The van der Waals surface area contributed by atoms with Gasteiger partial charge in [0.25, 0.3) is 0 Å². The molecule has 2 rings (SSSR count). The van der Waals surface area contributed by atoms with E-state index in [1.807, 2.05) is 16.8 Å². The Kier molecular flexibility index (Phi) is 4.90. The molecule has 0 atom stereocenters. The molecule has 2 aromatic rings. The van der Waals surface area contributed by atoms with Gasteiger partial charge in [-0.1, -0.05) is 11.3 Å². The van der Waals surface area contributed by atoms with Gasteiger partial charge in [-0.05, 0) is 28.8 Å². The van der Waals surface area contributed by atoms with Crippen molar-refractivity contribution in [2.45, 2.75) is 10.6 Å². The minimum atomic E-state index is -3.79. The monoisotopic (exact) mass is 348 g/mol. The van der Waals surface area contributed by atoms with Crippen molar-refractivity contribution in [3.05, 3.63) is 38.6 Å². The molecule has 8 nitrogen and oxygen atoms in total. The quantitative estimate of drug-likeness (QED) is 0.395. The maximum atomic E-state index is 12.1. The maximum Gasteiger partial charge on any atom is 0.306 e. The van der Waals surface area contributed by atoms with Gasteiger partial charge in [-0.3, -0.25) is 10.1 Å². The van der Waals surface area contributed by atoms with Gasteiger partial charge >= 0.3 is 5.69 Å². The van der Waals surface area contributed by atoms with Crippen LogP contribution in [0.4, 0.5) is 10.7 Å². The topological polar surface area (TPSA) is 127 Å². The Morgan fingerprint density at radius 1 is 1.43 bits per heavy atom. The SMILES string of the molecule is NNc1sc(S(=O)(=O)NCCc2ccsc2)cc1[N+](=O)[O-]. The van der Waals surface area contributed by atoms with Crippen LogP contribution in [0.2, 0.25) is 0 Å². The molecule has 0 bridgehead atoms. The molecule has 0 spiro atoms. The molecule has 0 amide bonds. The lowest BCUT2D eigenvalue weighted by Gasteiger charge is -2.03. The Morgan fingerprint density at radius 2 is 2.19 bits per heavy atom. The van der Waals surface area contributed by atoms with Crippen LogP contribution in [0.1, 0.15) is 5.56 Å². The van der Waals surface area contributed by atoms with Gasteiger partial charge < -0.3 is 5.43 Å². The molecule has 2 heterocycles. The van der Waals surface area contributed by atoms with Crippen molar-refractivity contribution in [2.75, 3.05) is 12.0 Å². The van der Waals surface area contributed by atoms with Crippen molar-refractivity contribution >= 4 is 43.4 Å². The number of hydrogen-bond donors (Lipinski definition) is 3. The number of nitrogens with zero attached hydrogens (tertiary/aromatic N) is 1. The van der Waals surface area contributed by atoms with E-state index >= 15 is 0 Å². The van der Waals surface area contributed by atoms with Crippen LogP contribution in [0.15, 0.2) is 27.1 Å². The third-order valence-electron chi connectivity index (χ3n) is 2.57. The summed E-state index contributed by atoms with van der Waals surface area (Å²) in [6.07, 6.45) is 0.554. The number of nitro groups is 1. The third-order valence-corrected chi connectivity index (χ3v) is 6.29. The van der Waals surface area contributed by atoms with Crippen molar-refractivity contribution in [3.63, 3.8) is 0 Å². The summed E-state index contributed by atoms with van der Waals surface area (Å²) in [7, 11) is -3.79. The normalized spacial score (nSPS) is 11.5. The fourth-order valence-corrected chi connectivity index (χ4v) is 4.58. The van der Waals surface area contributed by atoms with Gasteiger partial charge in [0.1, 0.15) is 4.21 Å². The number of anilines is 1. The molecule has 114 valence electrons. The molecule has 0 aliphatic rings. The Labute approximate surface area is 128 Å². The zero-order chi connectivity index (χ0) is 15.5. The zero-order valence-corrected chi connectivity index (χ0v) is 13.1. The summed E-state index contributed by atoms with van der Waals surface area (Å²) in [6, 6.07) is 2.90. The summed E-state index contributed by atoms with van der Waals surface area (Å²) in [5.41, 5.74) is 2.81. The number of nitrogens with one attached hydrogen (secondary N) is 2. The summed E-state index contributed by atoms with van der Waals surface area (Å²) >= 11 is 2.25. The van der Waals surface area contributed by atoms with Gasteiger partial charge in [0.2, 0.25) is 10.0 Å². The van der Waals surface area contributed by atoms with Crippen LogP contribution >= 0.6 is 22.7 Å². The number of hydrazine groups is 1. The average Bonchev–Trinajstić information content (AvgIpc) is 3.07. The maximum absolute atomic E-state index is 12.1. The number of nitrogens with two attached hydrogens (primary N) is 1. The van der Waals surface area contributed by atoms with Gasteiger partial charge in [-0.15, -0.1) is 0 Å². The van der Waals surface area contributed by atoms with Crippen LogP contribution in [0.3, 0.4) is 0 Å². The van der Waals surface area contributed by atoms with E-state index in [-0.39, 0.29) is 21.4 Å². The highest BCUT2D eigenvalue weighted by atomic mass is 32.2. The molecule has 0 radical (unpaired) electrons. The first-order valence-electron chi connectivity index (χ1n) is 5.69. The molecular weight excluding hydrogens is 336 g/mol. The van der Waals surface area contributed by atoms with E-state index in [0.29, 0.717) is 17.8 Å². The number of hydrogen-bond acceptors (Lipinski definition) is 8. The van der Waals surface area contributed by atoms with Crippen molar-refractivity contribution in [2.24, 2.45) is 5.84 Å². The van der Waals surface area contributed by atoms with E-state index in [1.165, 1.54) is 11.3 Å². The van der Waals surface area contributed by atoms with E-state index in [1.54, 1.807) is 0 Å². The molecule has 4 N–H and O–H groups in total. The Balaban J connectivity index is 2.10. The average molecular weight is 348 g/mol. The molecule has 0 fully saturated rings. The number of sulfonamides is 1. The second-order valence-corrected chi connectivity index (χ2v) is 7.79. The summed E-state index contributed by atoms with van der Waals surface area (Å²) in [5, 5.41) is 14.6. The van der Waals surface area contributed by atoms with E-state index in [4.69, 9.17) is 5.84 Å². The summed E-state index contributed by atoms with van der Waals surface area (Å²) in [6.45, 7) is 0.218.